The van der Waals surface area contributed by atoms with Gasteiger partial charge in [0.2, 0.25) is 0 Å². The Morgan fingerprint density at radius 3 is 2.32 bits per heavy atom. The number of ether oxygens (including phenoxy) is 1. The summed E-state index contributed by atoms with van der Waals surface area (Å²) >= 11 is 12.4. The Labute approximate surface area is 207 Å². The van der Waals surface area contributed by atoms with Crippen LogP contribution in [0.5, 0.6) is 5.75 Å². The summed E-state index contributed by atoms with van der Waals surface area (Å²) in [6, 6.07) is 14.3. The van der Waals surface area contributed by atoms with E-state index in [1.54, 1.807) is 67.0 Å². The maximum absolute atomic E-state index is 13.2. The number of hydrogen-bond donors (Lipinski definition) is 1. The molecule has 1 aliphatic rings. The molecule has 1 aromatic heterocycles. The molecule has 3 aromatic rings. The largest absolute Gasteiger partial charge is 0.507 e. The third-order valence-electron chi connectivity index (χ3n) is 5.40. The number of rotatable bonds is 6. The normalized spacial score (nSPS) is 17.4. The van der Waals surface area contributed by atoms with Crippen molar-refractivity contribution in [1.82, 2.24) is 9.88 Å². The number of amides is 1. The smallest absolute Gasteiger partial charge is 0.295 e. The maximum atomic E-state index is 13.2. The molecular formula is C26H22Cl2N2O4. The van der Waals surface area contributed by atoms with E-state index in [1.165, 1.54) is 4.90 Å². The number of aliphatic hydroxyl groups is 1. The van der Waals surface area contributed by atoms with Crippen molar-refractivity contribution >= 4 is 40.7 Å². The second-order valence-electron chi connectivity index (χ2n) is 8.15. The minimum Gasteiger partial charge on any atom is -0.507 e. The lowest BCUT2D eigenvalue weighted by molar-refractivity contribution is -0.140. The Balaban J connectivity index is 1.82. The molecule has 4 rings (SSSR count). The molecular weight excluding hydrogens is 475 g/mol. The number of carbonyl (C=O) groups is 2. The van der Waals surface area contributed by atoms with Crippen LogP contribution in [0.4, 0.5) is 0 Å². The van der Waals surface area contributed by atoms with E-state index in [4.69, 9.17) is 27.9 Å². The van der Waals surface area contributed by atoms with Crippen LogP contribution in [0, 0.1) is 0 Å². The highest BCUT2D eigenvalue weighted by Crippen LogP contribution is 2.41. The van der Waals surface area contributed by atoms with Gasteiger partial charge in [-0.1, -0.05) is 29.3 Å². The monoisotopic (exact) mass is 496 g/mol. The molecule has 34 heavy (non-hydrogen) atoms. The molecule has 8 heteroatoms. The van der Waals surface area contributed by atoms with E-state index in [-0.39, 0.29) is 29.0 Å². The average molecular weight is 497 g/mol. The fourth-order valence-corrected chi connectivity index (χ4v) is 4.18. The van der Waals surface area contributed by atoms with E-state index >= 15 is 0 Å². The highest BCUT2D eigenvalue weighted by atomic mass is 35.5. The molecule has 0 aliphatic carbocycles. The Bertz CT molecular complexity index is 1260. The number of hydrogen-bond acceptors (Lipinski definition) is 5. The van der Waals surface area contributed by atoms with Gasteiger partial charge in [-0.2, -0.15) is 0 Å². The van der Waals surface area contributed by atoms with Crippen molar-refractivity contribution < 1.29 is 19.4 Å². The Morgan fingerprint density at radius 1 is 1.03 bits per heavy atom. The zero-order valence-electron chi connectivity index (χ0n) is 18.5. The summed E-state index contributed by atoms with van der Waals surface area (Å²) in [5.74, 6) is -1.13. The molecule has 1 atom stereocenters. The minimum atomic E-state index is -0.852. The van der Waals surface area contributed by atoms with Crippen molar-refractivity contribution in [2.75, 3.05) is 0 Å². The summed E-state index contributed by atoms with van der Waals surface area (Å²) < 4.78 is 5.65. The number of ketones is 1. The van der Waals surface area contributed by atoms with E-state index in [1.807, 2.05) is 13.8 Å². The highest BCUT2D eigenvalue weighted by molar-refractivity contribution is 6.46. The van der Waals surface area contributed by atoms with Crippen molar-refractivity contribution in [1.29, 1.82) is 0 Å². The van der Waals surface area contributed by atoms with Crippen molar-refractivity contribution in [3.8, 4) is 5.75 Å². The molecule has 2 aromatic carbocycles. The lowest BCUT2D eigenvalue weighted by atomic mass is 9.95. The molecule has 0 radical (unpaired) electrons. The first-order valence-electron chi connectivity index (χ1n) is 10.7. The van der Waals surface area contributed by atoms with Gasteiger partial charge in [0, 0.05) is 24.5 Å². The van der Waals surface area contributed by atoms with Gasteiger partial charge in [0.15, 0.2) is 0 Å². The Hall–Kier alpha value is -3.35. The van der Waals surface area contributed by atoms with Gasteiger partial charge in [0.25, 0.3) is 11.7 Å². The Morgan fingerprint density at radius 2 is 1.71 bits per heavy atom. The van der Waals surface area contributed by atoms with Gasteiger partial charge < -0.3 is 14.7 Å². The van der Waals surface area contributed by atoms with Gasteiger partial charge in [-0.15, -0.1) is 0 Å². The van der Waals surface area contributed by atoms with Crippen molar-refractivity contribution in [3.63, 3.8) is 0 Å². The van der Waals surface area contributed by atoms with Crippen LogP contribution in [-0.2, 0) is 16.1 Å². The van der Waals surface area contributed by atoms with Gasteiger partial charge in [0.1, 0.15) is 11.5 Å². The van der Waals surface area contributed by atoms with Gasteiger partial charge >= 0.3 is 0 Å². The van der Waals surface area contributed by atoms with E-state index in [0.717, 1.165) is 5.56 Å². The molecule has 1 N–H and O–H groups in total. The van der Waals surface area contributed by atoms with Crippen LogP contribution in [0.2, 0.25) is 10.0 Å². The van der Waals surface area contributed by atoms with E-state index in [0.29, 0.717) is 21.9 Å². The molecule has 0 spiro atoms. The second kappa shape index (κ2) is 9.87. The quantitative estimate of drug-likeness (QED) is 0.265. The lowest BCUT2D eigenvalue weighted by Crippen LogP contribution is -2.29. The maximum Gasteiger partial charge on any atom is 0.295 e. The van der Waals surface area contributed by atoms with Gasteiger partial charge in [-0.05, 0) is 73.5 Å². The van der Waals surface area contributed by atoms with Gasteiger partial charge in [0.05, 0.1) is 27.8 Å². The van der Waals surface area contributed by atoms with Crippen molar-refractivity contribution in [2.24, 2.45) is 0 Å². The molecule has 1 amide bonds. The van der Waals surface area contributed by atoms with E-state index in [9.17, 15) is 14.7 Å². The number of aromatic nitrogens is 1. The average Bonchev–Trinajstić information content (AvgIpc) is 3.06. The molecule has 0 saturated carbocycles. The first kappa shape index (κ1) is 23.8. The van der Waals surface area contributed by atoms with E-state index in [2.05, 4.69) is 4.98 Å². The Kier molecular flexibility index (Phi) is 6.91. The molecule has 2 heterocycles. The predicted octanol–water partition coefficient (Wildman–Crippen LogP) is 5.80. The summed E-state index contributed by atoms with van der Waals surface area (Å²) in [7, 11) is 0. The molecule has 1 unspecified atom stereocenters. The van der Waals surface area contributed by atoms with E-state index < -0.39 is 17.7 Å². The van der Waals surface area contributed by atoms with Crippen LogP contribution in [-0.4, -0.2) is 32.8 Å². The number of aliphatic hydroxyl groups excluding tert-OH is 1. The second-order valence-corrected chi connectivity index (χ2v) is 8.96. The summed E-state index contributed by atoms with van der Waals surface area (Å²) in [6.45, 7) is 3.97. The summed E-state index contributed by atoms with van der Waals surface area (Å²) in [5, 5.41) is 11.8. The summed E-state index contributed by atoms with van der Waals surface area (Å²) in [6.07, 6.45) is 3.22. The molecule has 0 bridgehead atoms. The third-order valence-corrected chi connectivity index (χ3v) is 6.14. The number of Topliss-reactive ketones (excluding diaryl/α,β-unsaturated/α-hetero) is 1. The number of benzene rings is 2. The number of likely N-dealkylation sites (tertiary alicyclic amines) is 1. The summed E-state index contributed by atoms with van der Waals surface area (Å²) in [4.78, 5) is 31.7. The van der Waals surface area contributed by atoms with Crippen molar-refractivity contribution in [2.45, 2.75) is 32.5 Å². The first-order valence-corrected chi connectivity index (χ1v) is 11.4. The molecule has 6 nitrogen and oxygen atoms in total. The van der Waals surface area contributed by atoms with Crippen LogP contribution in [0.1, 0.15) is 36.6 Å². The topological polar surface area (TPSA) is 79.7 Å². The fraction of sp³-hybridized carbons (Fsp3) is 0.192. The SMILES string of the molecule is CC(C)Oc1ccc(/C(O)=C2/C(=O)C(=O)N(Cc3ccncc3)C2c2ccc(Cl)c(Cl)c2)cc1. The zero-order valence-corrected chi connectivity index (χ0v) is 20.0. The number of carbonyl (C=O) groups excluding carboxylic acids is 2. The third kappa shape index (κ3) is 4.79. The van der Waals surface area contributed by atoms with Gasteiger partial charge in [-0.25, -0.2) is 0 Å². The lowest BCUT2D eigenvalue weighted by Gasteiger charge is -2.25. The van der Waals surface area contributed by atoms with Crippen LogP contribution in [0.25, 0.3) is 5.76 Å². The number of nitrogens with zero attached hydrogens (tertiary/aromatic N) is 2. The first-order chi connectivity index (χ1) is 16.3. The molecule has 174 valence electrons. The van der Waals surface area contributed by atoms with Crippen LogP contribution in [0.15, 0.2) is 72.6 Å². The van der Waals surface area contributed by atoms with Crippen LogP contribution >= 0.6 is 23.2 Å². The van der Waals surface area contributed by atoms with Crippen LogP contribution < -0.4 is 4.74 Å². The predicted molar refractivity (Wildman–Crippen MR) is 131 cm³/mol. The minimum absolute atomic E-state index is 0.00684. The standard InChI is InChI=1S/C26H22Cl2N2O4/c1-15(2)34-19-6-3-17(4-7-19)24(31)22-23(18-5-8-20(27)21(28)13-18)30(26(33)25(22)32)14-16-9-11-29-12-10-16/h3-13,15,23,31H,14H2,1-2H3/b24-22-. The van der Waals surface area contributed by atoms with Gasteiger partial charge in [-0.3, -0.25) is 14.6 Å². The van der Waals surface area contributed by atoms with Crippen molar-refractivity contribution in [3.05, 3.63) is 99.3 Å². The zero-order chi connectivity index (χ0) is 24.4. The summed E-state index contributed by atoms with van der Waals surface area (Å²) in [5.41, 5.74) is 1.72. The molecule has 1 aliphatic heterocycles. The number of halogens is 2. The van der Waals surface area contributed by atoms with Crippen LogP contribution in [0.3, 0.4) is 0 Å². The molecule has 1 fully saturated rings. The fourth-order valence-electron chi connectivity index (χ4n) is 3.88. The highest BCUT2D eigenvalue weighted by Gasteiger charge is 2.46. The molecule has 1 saturated heterocycles. The number of pyridine rings is 1.